The largest absolute Gasteiger partial charge is 0.493 e. The van der Waals surface area contributed by atoms with Gasteiger partial charge < -0.3 is 29.0 Å². The Morgan fingerprint density at radius 3 is 2.45 bits per heavy atom. The lowest BCUT2D eigenvalue weighted by molar-refractivity contribution is -0.111. The van der Waals surface area contributed by atoms with Gasteiger partial charge in [-0.15, -0.1) is 11.3 Å². The Labute approximate surface area is 243 Å². The number of ether oxygens (including phenoxy) is 5. The van der Waals surface area contributed by atoms with Gasteiger partial charge >= 0.3 is 0 Å². The minimum absolute atomic E-state index is 0.0164. The highest BCUT2D eigenvalue weighted by Crippen LogP contribution is 2.38. The van der Waals surface area contributed by atoms with Gasteiger partial charge in [0.05, 0.1) is 38.1 Å². The van der Waals surface area contributed by atoms with Gasteiger partial charge in [0.1, 0.15) is 16.5 Å². The highest BCUT2D eigenvalue weighted by atomic mass is 32.1. The van der Waals surface area contributed by atoms with Gasteiger partial charge in [-0.1, -0.05) is 18.2 Å². The number of nitrogens with one attached hydrogen (secondary N) is 1. The van der Waals surface area contributed by atoms with Crippen LogP contribution in [-0.4, -0.2) is 38.6 Å². The molecular weight excluding hydrogens is 565 g/mol. The number of carbonyl (C=O) groups is 1. The van der Waals surface area contributed by atoms with Gasteiger partial charge in [-0.3, -0.25) is 14.2 Å². The minimum Gasteiger partial charge on any atom is -0.493 e. The molecule has 1 aliphatic heterocycles. The summed E-state index contributed by atoms with van der Waals surface area (Å²) in [5.74, 6) is 0.716. The standard InChI is InChI=1S/C30H24FN3O7S/c1-37-24-11-18(12-25(38-2)27(24)39-3)13-26-29(36)34(15-17-8-9-22-23(10-17)41-16-40-22)30(42-26)19(14-32)28(35)33-21-7-5-4-6-20(21)31/h4-13H,15-16H2,1-3H3,(H,33,35)/b26-13+,30-19+. The highest BCUT2D eigenvalue weighted by molar-refractivity contribution is 7.07. The molecule has 4 aromatic rings. The summed E-state index contributed by atoms with van der Waals surface area (Å²) >= 11 is 0.950. The lowest BCUT2D eigenvalue weighted by Crippen LogP contribution is -2.34. The summed E-state index contributed by atoms with van der Waals surface area (Å²) in [7, 11) is 4.44. The second-order valence-corrected chi connectivity index (χ2v) is 9.90. The third kappa shape index (κ3) is 5.50. The van der Waals surface area contributed by atoms with Crippen molar-refractivity contribution in [1.82, 2.24) is 4.57 Å². The molecule has 214 valence electrons. The Hall–Kier alpha value is -5.28. The summed E-state index contributed by atoms with van der Waals surface area (Å²) in [6.07, 6.45) is 1.60. The highest BCUT2D eigenvalue weighted by Gasteiger charge is 2.20. The maximum atomic E-state index is 14.3. The predicted octanol–water partition coefficient (Wildman–Crippen LogP) is 2.99. The number of carbonyl (C=O) groups excluding carboxylic acids is 1. The number of anilines is 1. The molecule has 0 fully saturated rings. The Balaban J connectivity index is 1.69. The number of aromatic nitrogens is 1. The normalized spacial score (nSPS) is 12.9. The number of hydrogen-bond acceptors (Lipinski definition) is 9. The summed E-state index contributed by atoms with van der Waals surface area (Å²) in [5.41, 5.74) is 0.324. The van der Waals surface area contributed by atoms with Gasteiger partial charge in [0.15, 0.2) is 28.6 Å². The maximum absolute atomic E-state index is 14.3. The summed E-state index contributed by atoms with van der Waals surface area (Å²) in [6, 6.07) is 16.0. The third-order valence-electron chi connectivity index (χ3n) is 6.34. The molecule has 10 nitrogen and oxygen atoms in total. The van der Waals surface area contributed by atoms with Gasteiger partial charge in [-0.05, 0) is 53.6 Å². The van der Waals surface area contributed by atoms with Crippen LogP contribution in [0.2, 0.25) is 0 Å². The van der Waals surface area contributed by atoms with Crippen molar-refractivity contribution in [3.8, 4) is 34.8 Å². The predicted molar refractivity (Wildman–Crippen MR) is 153 cm³/mol. The fourth-order valence-corrected chi connectivity index (χ4v) is 5.45. The fraction of sp³-hybridized carbons (Fsp3) is 0.167. The van der Waals surface area contributed by atoms with Gasteiger partial charge in [0.2, 0.25) is 12.5 Å². The molecule has 3 aromatic carbocycles. The number of thiazole rings is 1. The van der Waals surface area contributed by atoms with Crippen LogP contribution in [0.3, 0.4) is 0 Å². The molecule has 1 N–H and O–H groups in total. The first kappa shape index (κ1) is 28.3. The van der Waals surface area contributed by atoms with Gasteiger partial charge in [-0.2, -0.15) is 5.26 Å². The van der Waals surface area contributed by atoms with E-state index in [0.717, 1.165) is 11.3 Å². The molecule has 1 amide bonds. The molecule has 0 atom stereocenters. The number of nitrogens with zero attached hydrogens (tertiary/aromatic N) is 2. The molecule has 1 aliphatic rings. The van der Waals surface area contributed by atoms with E-state index in [1.54, 1.807) is 42.5 Å². The second-order valence-electron chi connectivity index (χ2n) is 8.87. The van der Waals surface area contributed by atoms with Crippen molar-refractivity contribution >= 4 is 34.6 Å². The van der Waals surface area contributed by atoms with Crippen LogP contribution in [0.15, 0.2) is 59.4 Å². The van der Waals surface area contributed by atoms with Crippen molar-refractivity contribution in [2.45, 2.75) is 6.54 Å². The molecule has 0 saturated heterocycles. The number of nitriles is 1. The monoisotopic (exact) mass is 589 g/mol. The first-order valence-corrected chi connectivity index (χ1v) is 13.3. The number of para-hydroxylation sites is 1. The molecule has 0 aliphatic carbocycles. The van der Waals surface area contributed by atoms with E-state index < -0.39 is 17.3 Å². The molecule has 0 unspecified atom stereocenters. The van der Waals surface area contributed by atoms with Crippen molar-refractivity contribution in [1.29, 1.82) is 5.26 Å². The van der Waals surface area contributed by atoms with Crippen molar-refractivity contribution in [3.05, 3.63) is 91.1 Å². The number of methoxy groups -OCH3 is 3. The molecule has 5 rings (SSSR count). The average Bonchev–Trinajstić information content (AvgIpc) is 3.58. The average molecular weight is 590 g/mol. The van der Waals surface area contributed by atoms with Gasteiger partial charge in [-0.25, -0.2) is 4.39 Å². The number of hydrogen-bond donors (Lipinski definition) is 1. The van der Waals surface area contributed by atoms with Crippen molar-refractivity contribution in [2.75, 3.05) is 33.4 Å². The zero-order valence-corrected chi connectivity index (χ0v) is 23.5. The lowest BCUT2D eigenvalue weighted by atomic mass is 10.1. The van der Waals surface area contributed by atoms with Crippen LogP contribution in [0.4, 0.5) is 10.1 Å². The zero-order valence-electron chi connectivity index (χ0n) is 22.7. The zero-order chi connectivity index (χ0) is 29.8. The first-order valence-electron chi connectivity index (χ1n) is 12.5. The van der Waals surface area contributed by atoms with E-state index in [-0.39, 0.29) is 33.8 Å². The van der Waals surface area contributed by atoms with Gasteiger partial charge in [0.25, 0.3) is 11.5 Å². The number of fused-ring (bicyclic) bond motifs is 1. The minimum atomic E-state index is -0.859. The summed E-state index contributed by atoms with van der Waals surface area (Å²) in [4.78, 5) is 27.0. The van der Waals surface area contributed by atoms with Crippen LogP contribution in [0, 0.1) is 17.1 Å². The number of rotatable bonds is 8. The maximum Gasteiger partial charge on any atom is 0.269 e. The molecule has 2 heterocycles. The van der Waals surface area contributed by atoms with Crippen LogP contribution >= 0.6 is 11.3 Å². The molecular formula is C30H24FN3O7S. The Kier molecular flexibility index (Phi) is 8.12. The van der Waals surface area contributed by atoms with Crippen LogP contribution < -0.4 is 43.8 Å². The van der Waals surface area contributed by atoms with Crippen LogP contribution in [0.25, 0.3) is 11.6 Å². The molecule has 42 heavy (non-hydrogen) atoms. The van der Waals surface area contributed by atoms with Crippen molar-refractivity contribution in [3.63, 3.8) is 0 Å². The van der Waals surface area contributed by atoms with Crippen LogP contribution in [-0.2, 0) is 11.3 Å². The van der Waals surface area contributed by atoms with E-state index >= 15 is 0 Å². The quantitative estimate of drug-likeness (QED) is 0.333. The SMILES string of the molecule is COc1cc(/C=c2/s/c(=C(\C#N)C(=O)Nc3ccccc3F)n(Cc3ccc4c(c3)OCO4)c2=O)cc(OC)c1OC. The molecule has 0 bridgehead atoms. The molecule has 0 radical (unpaired) electrons. The summed E-state index contributed by atoms with van der Waals surface area (Å²) in [6.45, 7) is 0.0987. The summed E-state index contributed by atoms with van der Waals surface area (Å²) in [5, 5.41) is 12.5. The third-order valence-corrected chi connectivity index (χ3v) is 7.48. The van der Waals surface area contributed by atoms with Gasteiger partial charge in [0, 0.05) is 0 Å². The van der Waals surface area contributed by atoms with Crippen molar-refractivity contribution in [2.24, 2.45) is 0 Å². The summed E-state index contributed by atoms with van der Waals surface area (Å²) < 4.78 is 43.0. The van der Waals surface area contributed by atoms with E-state index in [1.807, 2.05) is 6.07 Å². The molecule has 12 heteroatoms. The fourth-order valence-electron chi connectivity index (χ4n) is 4.35. The topological polar surface area (TPSA) is 121 Å². The number of amides is 1. The van der Waals surface area contributed by atoms with E-state index in [4.69, 9.17) is 23.7 Å². The molecule has 0 saturated carbocycles. The molecule has 1 aromatic heterocycles. The second kappa shape index (κ2) is 12.1. The van der Waals surface area contributed by atoms with Crippen molar-refractivity contribution < 1.29 is 32.9 Å². The Bertz CT molecular complexity index is 1880. The number of halogens is 1. The Morgan fingerprint density at radius 1 is 1.07 bits per heavy atom. The van der Waals surface area contributed by atoms with Crippen LogP contribution in [0.5, 0.6) is 28.7 Å². The molecule has 0 spiro atoms. The van der Waals surface area contributed by atoms with E-state index in [2.05, 4.69) is 5.32 Å². The smallest absolute Gasteiger partial charge is 0.269 e. The van der Waals surface area contributed by atoms with E-state index in [9.17, 15) is 19.2 Å². The lowest BCUT2D eigenvalue weighted by Gasteiger charge is -2.12. The Morgan fingerprint density at radius 2 is 1.79 bits per heavy atom. The van der Waals surface area contributed by atoms with Crippen LogP contribution in [0.1, 0.15) is 11.1 Å². The van der Waals surface area contributed by atoms with E-state index in [1.165, 1.54) is 44.1 Å². The number of benzene rings is 3. The van der Waals surface area contributed by atoms with E-state index in [0.29, 0.717) is 39.9 Å². The first-order chi connectivity index (χ1) is 20.4.